The quantitative estimate of drug-likeness (QED) is 0.885. The molecule has 1 aromatic carbocycles. The summed E-state index contributed by atoms with van der Waals surface area (Å²) in [6, 6.07) is 5.86. The van der Waals surface area contributed by atoms with E-state index in [4.69, 9.17) is 0 Å². The van der Waals surface area contributed by atoms with Gasteiger partial charge >= 0.3 is 5.97 Å². The Bertz CT molecular complexity index is 507. The maximum absolute atomic E-state index is 11.4. The van der Waals surface area contributed by atoms with Crippen LogP contribution in [0.3, 0.4) is 0 Å². The second-order valence-corrected chi connectivity index (χ2v) is 6.36. The smallest absolute Gasteiger partial charge is 0.326 e. The monoisotopic (exact) mass is 261 g/mol. The van der Waals surface area contributed by atoms with Crippen LogP contribution < -0.4 is 4.90 Å². The highest BCUT2D eigenvalue weighted by Crippen LogP contribution is 2.44. The lowest BCUT2D eigenvalue weighted by Crippen LogP contribution is -2.55. The third kappa shape index (κ3) is 2.34. The molecule has 0 amide bonds. The Labute approximate surface area is 115 Å². The summed E-state index contributed by atoms with van der Waals surface area (Å²) < 4.78 is 0. The molecule has 1 aliphatic heterocycles. The lowest BCUT2D eigenvalue weighted by atomic mass is 9.79. The van der Waals surface area contributed by atoms with Crippen molar-refractivity contribution in [2.45, 2.75) is 58.5 Å². The molecule has 1 heterocycles. The number of fused-ring (bicyclic) bond motifs is 1. The molecule has 2 atom stereocenters. The van der Waals surface area contributed by atoms with Gasteiger partial charge in [-0.3, -0.25) is 0 Å². The van der Waals surface area contributed by atoms with E-state index in [9.17, 15) is 9.90 Å². The molecule has 0 bridgehead atoms. The number of anilines is 1. The normalized spacial score (nSPS) is 22.8. The van der Waals surface area contributed by atoms with Crippen molar-refractivity contribution in [2.24, 2.45) is 0 Å². The third-order valence-corrected chi connectivity index (χ3v) is 4.18. The topological polar surface area (TPSA) is 40.5 Å². The van der Waals surface area contributed by atoms with Gasteiger partial charge in [0, 0.05) is 11.2 Å². The van der Waals surface area contributed by atoms with Crippen molar-refractivity contribution >= 4 is 11.7 Å². The van der Waals surface area contributed by atoms with Gasteiger partial charge in [-0.05, 0) is 57.2 Å². The molecule has 0 aliphatic carbocycles. The molecule has 1 aliphatic rings. The van der Waals surface area contributed by atoms with Gasteiger partial charge in [-0.15, -0.1) is 0 Å². The molecule has 19 heavy (non-hydrogen) atoms. The highest BCUT2D eigenvalue weighted by Gasteiger charge is 2.40. The molecule has 1 N–H and O–H groups in total. The van der Waals surface area contributed by atoms with Crippen LogP contribution in [0.25, 0.3) is 0 Å². The van der Waals surface area contributed by atoms with Crippen LogP contribution in [0, 0.1) is 6.92 Å². The molecule has 0 aromatic heterocycles. The Morgan fingerprint density at radius 2 is 2.11 bits per heavy atom. The molecule has 2 rings (SSSR count). The van der Waals surface area contributed by atoms with Crippen LogP contribution in [0.2, 0.25) is 0 Å². The molecule has 0 saturated heterocycles. The number of hydrogen-bond donors (Lipinski definition) is 1. The first-order chi connectivity index (χ1) is 8.74. The maximum atomic E-state index is 11.4. The summed E-state index contributed by atoms with van der Waals surface area (Å²) in [5.74, 6) is -0.307. The highest BCUT2D eigenvalue weighted by atomic mass is 16.4. The number of carboxylic acids is 1. The van der Waals surface area contributed by atoms with Crippen LogP contribution >= 0.6 is 0 Å². The van der Waals surface area contributed by atoms with Gasteiger partial charge in [0.25, 0.3) is 0 Å². The molecule has 1 aromatic rings. The largest absolute Gasteiger partial charge is 0.480 e. The molecule has 3 heteroatoms. The second kappa shape index (κ2) is 4.55. The number of hydrogen-bond acceptors (Lipinski definition) is 2. The number of carbonyl (C=O) groups is 1. The number of aliphatic carboxylic acids is 1. The molecule has 2 unspecified atom stereocenters. The third-order valence-electron chi connectivity index (χ3n) is 4.18. The Hall–Kier alpha value is -1.51. The maximum Gasteiger partial charge on any atom is 0.326 e. The van der Waals surface area contributed by atoms with Crippen molar-refractivity contribution in [1.82, 2.24) is 0 Å². The van der Waals surface area contributed by atoms with Gasteiger partial charge in [0.1, 0.15) is 6.04 Å². The van der Waals surface area contributed by atoms with Gasteiger partial charge in [-0.2, -0.15) is 0 Å². The van der Waals surface area contributed by atoms with E-state index < -0.39 is 12.0 Å². The Kier molecular flexibility index (Phi) is 3.33. The van der Waals surface area contributed by atoms with Crippen LogP contribution in [0.15, 0.2) is 18.2 Å². The van der Waals surface area contributed by atoms with Gasteiger partial charge in [0.05, 0.1) is 0 Å². The standard InChI is InChI=1S/C16H23NO2/c1-10-6-7-13-11(2)9-16(4,5)17(14(13)8-10)12(3)15(18)19/h6-8,11-12H,9H2,1-5H3,(H,18,19). The van der Waals surface area contributed by atoms with Gasteiger partial charge < -0.3 is 10.0 Å². The SMILES string of the molecule is Cc1ccc2c(c1)N(C(C)C(=O)O)C(C)(C)CC2C. The molecule has 104 valence electrons. The van der Waals surface area contributed by atoms with E-state index in [0.717, 1.165) is 12.1 Å². The average Bonchev–Trinajstić information content (AvgIpc) is 2.26. The first-order valence-electron chi connectivity index (χ1n) is 6.87. The van der Waals surface area contributed by atoms with Gasteiger partial charge in [0.15, 0.2) is 0 Å². The summed E-state index contributed by atoms with van der Waals surface area (Å²) in [6.45, 7) is 10.3. The molecule has 0 fully saturated rings. The van der Waals surface area contributed by atoms with Crippen molar-refractivity contribution < 1.29 is 9.90 Å². The van der Waals surface area contributed by atoms with E-state index >= 15 is 0 Å². The minimum atomic E-state index is -0.768. The first-order valence-corrected chi connectivity index (χ1v) is 6.87. The number of rotatable bonds is 2. The van der Waals surface area contributed by atoms with E-state index in [0.29, 0.717) is 5.92 Å². The van der Waals surface area contributed by atoms with Crippen molar-refractivity contribution in [3.8, 4) is 0 Å². The number of benzene rings is 1. The van der Waals surface area contributed by atoms with Crippen molar-refractivity contribution in [2.75, 3.05) is 4.90 Å². The highest BCUT2D eigenvalue weighted by molar-refractivity contribution is 5.79. The van der Waals surface area contributed by atoms with E-state index in [1.54, 1.807) is 6.92 Å². The van der Waals surface area contributed by atoms with Crippen LogP contribution in [0.5, 0.6) is 0 Å². The molecule has 0 radical (unpaired) electrons. The number of carboxylic acid groups (broad SMARTS) is 1. The minimum Gasteiger partial charge on any atom is -0.480 e. The van der Waals surface area contributed by atoms with E-state index in [-0.39, 0.29) is 5.54 Å². The van der Waals surface area contributed by atoms with Crippen molar-refractivity contribution in [3.05, 3.63) is 29.3 Å². The average molecular weight is 261 g/mol. The zero-order valence-electron chi connectivity index (χ0n) is 12.4. The fourth-order valence-electron chi connectivity index (χ4n) is 3.41. The van der Waals surface area contributed by atoms with Gasteiger partial charge in [0.2, 0.25) is 0 Å². The van der Waals surface area contributed by atoms with Crippen LogP contribution in [0.1, 0.15) is 51.2 Å². The Morgan fingerprint density at radius 3 is 2.68 bits per heavy atom. The van der Waals surface area contributed by atoms with Gasteiger partial charge in [-0.25, -0.2) is 4.79 Å². The summed E-state index contributed by atoms with van der Waals surface area (Å²) in [4.78, 5) is 13.5. The fourth-order valence-corrected chi connectivity index (χ4v) is 3.41. The predicted octanol–water partition coefficient (Wildman–Crippen LogP) is 3.56. The number of nitrogens with zero attached hydrogens (tertiary/aromatic N) is 1. The van der Waals surface area contributed by atoms with E-state index in [1.165, 1.54) is 11.1 Å². The van der Waals surface area contributed by atoms with Crippen LogP contribution in [0.4, 0.5) is 5.69 Å². The summed E-state index contributed by atoms with van der Waals surface area (Å²) >= 11 is 0. The van der Waals surface area contributed by atoms with E-state index in [2.05, 4.69) is 50.8 Å². The second-order valence-electron chi connectivity index (χ2n) is 6.36. The number of aryl methyl sites for hydroxylation is 1. The summed E-state index contributed by atoms with van der Waals surface area (Å²) in [5.41, 5.74) is 3.38. The first kappa shape index (κ1) is 13.9. The predicted molar refractivity (Wildman–Crippen MR) is 77.9 cm³/mol. The lowest BCUT2D eigenvalue weighted by Gasteiger charge is -2.49. The summed E-state index contributed by atoms with van der Waals surface area (Å²) in [6.07, 6.45) is 0.973. The lowest BCUT2D eigenvalue weighted by molar-refractivity contribution is -0.138. The summed E-state index contributed by atoms with van der Waals surface area (Å²) in [7, 11) is 0. The molecule has 0 spiro atoms. The van der Waals surface area contributed by atoms with Crippen LogP contribution in [-0.2, 0) is 4.79 Å². The van der Waals surface area contributed by atoms with E-state index in [1.807, 2.05) is 0 Å². The molecular formula is C16H23NO2. The molecular weight excluding hydrogens is 238 g/mol. The zero-order chi connectivity index (χ0) is 14.4. The Morgan fingerprint density at radius 1 is 1.47 bits per heavy atom. The minimum absolute atomic E-state index is 0.141. The van der Waals surface area contributed by atoms with Crippen LogP contribution in [-0.4, -0.2) is 22.7 Å². The van der Waals surface area contributed by atoms with Crippen molar-refractivity contribution in [1.29, 1.82) is 0 Å². The van der Waals surface area contributed by atoms with Crippen molar-refractivity contribution in [3.63, 3.8) is 0 Å². The van der Waals surface area contributed by atoms with Gasteiger partial charge in [-0.1, -0.05) is 19.1 Å². The summed E-state index contributed by atoms with van der Waals surface area (Å²) in [5, 5.41) is 9.39. The Balaban J connectivity index is 2.60. The molecule has 3 nitrogen and oxygen atoms in total. The molecule has 0 saturated carbocycles. The fraction of sp³-hybridized carbons (Fsp3) is 0.562. The zero-order valence-corrected chi connectivity index (χ0v) is 12.4.